The molecule has 6 nitrogen and oxygen atoms in total. The molecule has 1 amide bonds. The SMILES string of the molecule is CN(CC(=O)N1CCNCC1)Cc1cc(Cl)c2c(c1)OCCCO2. The Morgan fingerprint density at radius 2 is 2.04 bits per heavy atom. The van der Waals surface area contributed by atoms with Crippen LogP contribution in [0.3, 0.4) is 0 Å². The molecule has 1 aromatic carbocycles. The van der Waals surface area contributed by atoms with Gasteiger partial charge in [-0.3, -0.25) is 9.69 Å². The van der Waals surface area contributed by atoms with Crippen molar-refractivity contribution in [3.63, 3.8) is 0 Å². The molecule has 0 atom stereocenters. The second-order valence-corrected chi connectivity index (χ2v) is 6.67. The van der Waals surface area contributed by atoms with E-state index in [1.165, 1.54) is 0 Å². The third-order valence-electron chi connectivity index (χ3n) is 4.19. The Balaban J connectivity index is 1.61. The average molecular weight is 354 g/mol. The quantitative estimate of drug-likeness (QED) is 0.886. The highest BCUT2D eigenvalue weighted by atomic mass is 35.5. The monoisotopic (exact) mass is 353 g/mol. The van der Waals surface area contributed by atoms with E-state index in [2.05, 4.69) is 5.32 Å². The fraction of sp³-hybridized carbons (Fsp3) is 0.588. The highest BCUT2D eigenvalue weighted by Gasteiger charge is 2.19. The standard InChI is InChI=1S/C17H24ClN3O3/c1-20(12-16(22)21-5-3-19-4-6-21)11-13-9-14(18)17-15(10-13)23-7-2-8-24-17/h9-10,19H,2-8,11-12H2,1H3. The van der Waals surface area contributed by atoms with Crippen LogP contribution >= 0.6 is 11.6 Å². The van der Waals surface area contributed by atoms with E-state index in [-0.39, 0.29) is 5.91 Å². The van der Waals surface area contributed by atoms with Crippen molar-refractivity contribution in [2.75, 3.05) is 53.0 Å². The zero-order valence-corrected chi connectivity index (χ0v) is 14.8. The lowest BCUT2D eigenvalue weighted by Gasteiger charge is -2.29. The lowest BCUT2D eigenvalue weighted by molar-refractivity contribution is -0.132. The molecule has 3 rings (SSSR count). The van der Waals surface area contributed by atoms with Crippen molar-refractivity contribution in [2.45, 2.75) is 13.0 Å². The first-order valence-electron chi connectivity index (χ1n) is 8.38. The zero-order valence-electron chi connectivity index (χ0n) is 14.0. The molecule has 1 aromatic rings. The normalized spacial score (nSPS) is 17.7. The summed E-state index contributed by atoms with van der Waals surface area (Å²) in [6.07, 6.45) is 0.847. The lowest BCUT2D eigenvalue weighted by Crippen LogP contribution is -2.49. The van der Waals surface area contributed by atoms with Gasteiger partial charge in [-0.25, -0.2) is 0 Å². The van der Waals surface area contributed by atoms with Crippen molar-refractivity contribution in [3.05, 3.63) is 22.7 Å². The fourth-order valence-corrected chi connectivity index (χ4v) is 3.28. The first-order chi connectivity index (χ1) is 11.6. The number of fused-ring (bicyclic) bond motifs is 1. The number of hydrogen-bond acceptors (Lipinski definition) is 5. The number of piperazine rings is 1. The first-order valence-corrected chi connectivity index (χ1v) is 8.76. The molecule has 1 fully saturated rings. The number of hydrogen-bond donors (Lipinski definition) is 1. The van der Waals surface area contributed by atoms with Crippen LogP contribution in [0, 0.1) is 0 Å². The minimum atomic E-state index is 0.166. The van der Waals surface area contributed by atoms with E-state index in [0.717, 1.165) is 38.2 Å². The van der Waals surface area contributed by atoms with Crippen LogP contribution < -0.4 is 14.8 Å². The van der Waals surface area contributed by atoms with Gasteiger partial charge in [-0.15, -0.1) is 0 Å². The van der Waals surface area contributed by atoms with Crippen molar-refractivity contribution < 1.29 is 14.3 Å². The van der Waals surface area contributed by atoms with Crippen LogP contribution in [0.2, 0.25) is 5.02 Å². The molecule has 132 valence electrons. The van der Waals surface area contributed by atoms with Crippen LogP contribution in [-0.4, -0.2) is 68.7 Å². The van der Waals surface area contributed by atoms with Crippen LogP contribution in [-0.2, 0) is 11.3 Å². The second-order valence-electron chi connectivity index (χ2n) is 6.26. The Morgan fingerprint density at radius 3 is 2.83 bits per heavy atom. The van der Waals surface area contributed by atoms with Crippen LogP contribution in [0.15, 0.2) is 12.1 Å². The minimum Gasteiger partial charge on any atom is -0.489 e. The van der Waals surface area contributed by atoms with Gasteiger partial charge in [-0.1, -0.05) is 11.6 Å². The maximum absolute atomic E-state index is 12.3. The molecule has 0 saturated carbocycles. The van der Waals surface area contributed by atoms with Gasteiger partial charge in [0, 0.05) is 39.1 Å². The van der Waals surface area contributed by atoms with Crippen LogP contribution in [0.1, 0.15) is 12.0 Å². The summed E-state index contributed by atoms with van der Waals surface area (Å²) in [7, 11) is 1.94. The Hall–Kier alpha value is -1.50. The van der Waals surface area contributed by atoms with Gasteiger partial charge in [0.25, 0.3) is 0 Å². The van der Waals surface area contributed by atoms with Gasteiger partial charge in [-0.2, -0.15) is 0 Å². The van der Waals surface area contributed by atoms with E-state index in [1.54, 1.807) is 0 Å². The fourth-order valence-electron chi connectivity index (χ4n) is 2.99. The van der Waals surface area contributed by atoms with Gasteiger partial charge in [0.05, 0.1) is 24.8 Å². The first kappa shape index (κ1) is 17.3. The molecule has 2 aliphatic rings. The van der Waals surface area contributed by atoms with E-state index in [9.17, 15) is 4.79 Å². The van der Waals surface area contributed by atoms with E-state index < -0.39 is 0 Å². The Labute approximate surface area is 147 Å². The number of carbonyl (C=O) groups excluding carboxylic acids is 1. The molecule has 2 aliphatic heterocycles. The molecule has 0 radical (unpaired) electrons. The van der Waals surface area contributed by atoms with Gasteiger partial charge >= 0.3 is 0 Å². The smallest absolute Gasteiger partial charge is 0.236 e. The number of nitrogens with zero attached hydrogens (tertiary/aromatic N) is 2. The number of rotatable bonds is 4. The number of carbonyl (C=O) groups is 1. The zero-order chi connectivity index (χ0) is 16.9. The van der Waals surface area contributed by atoms with Crippen molar-refractivity contribution in [2.24, 2.45) is 0 Å². The molecule has 7 heteroatoms. The van der Waals surface area contributed by atoms with Gasteiger partial charge < -0.3 is 19.7 Å². The number of halogens is 1. The minimum absolute atomic E-state index is 0.166. The number of ether oxygens (including phenoxy) is 2. The molecule has 24 heavy (non-hydrogen) atoms. The van der Waals surface area contributed by atoms with Gasteiger partial charge in [0.1, 0.15) is 0 Å². The Kier molecular flexibility index (Phi) is 5.81. The summed E-state index contributed by atoms with van der Waals surface area (Å²) >= 11 is 6.33. The summed E-state index contributed by atoms with van der Waals surface area (Å²) in [5, 5.41) is 3.82. The topological polar surface area (TPSA) is 54.0 Å². The van der Waals surface area contributed by atoms with Crippen molar-refractivity contribution >= 4 is 17.5 Å². The highest BCUT2D eigenvalue weighted by molar-refractivity contribution is 6.32. The van der Waals surface area contributed by atoms with Gasteiger partial charge in [0.2, 0.25) is 5.91 Å². The molecule has 0 bridgehead atoms. The molecule has 1 saturated heterocycles. The Morgan fingerprint density at radius 1 is 1.29 bits per heavy atom. The van der Waals surface area contributed by atoms with Crippen molar-refractivity contribution in [1.82, 2.24) is 15.1 Å². The summed E-state index contributed by atoms with van der Waals surface area (Å²) in [4.78, 5) is 16.2. The molecule has 0 spiro atoms. The summed E-state index contributed by atoms with van der Waals surface area (Å²) in [5.74, 6) is 1.48. The summed E-state index contributed by atoms with van der Waals surface area (Å²) < 4.78 is 11.4. The lowest BCUT2D eigenvalue weighted by atomic mass is 10.2. The number of amides is 1. The predicted octanol–water partition coefficient (Wildman–Crippen LogP) is 1.36. The second kappa shape index (κ2) is 8.05. The average Bonchev–Trinajstić information content (AvgIpc) is 2.81. The third kappa shape index (κ3) is 4.32. The van der Waals surface area contributed by atoms with E-state index in [1.807, 2.05) is 29.0 Å². The molecule has 0 aliphatic carbocycles. The molecule has 1 N–H and O–H groups in total. The molecule has 2 heterocycles. The van der Waals surface area contributed by atoms with E-state index in [0.29, 0.717) is 42.8 Å². The van der Waals surface area contributed by atoms with Gasteiger partial charge in [0.15, 0.2) is 11.5 Å². The third-order valence-corrected chi connectivity index (χ3v) is 4.47. The van der Waals surface area contributed by atoms with E-state index >= 15 is 0 Å². The van der Waals surface area contributed by atoms with Crippen LogP contribution in [0.25, 0.3) is 0 Å². The largest absolute Gasteiger partial charge is 0.489 e. The molecular weight excluding hydrogens is 330 g/mol. The molecule has 0 aromatic heterocycles. The summed E-state index contributed by atoms with van der Waals surface area (Å²) in [6, 6.07) is 3.85. The Bertz CT molecular complexity index is 591. The maximum atomic E-state index is 12.3. The van der Waals surface area contributed by atoms with E-state index in [4.69, 9.17) is 21.1 Å². The molecule has 0 unspecified atom stereocenters. The number of likely N-dealkylation sites (N-methyl/N-ethyl adjacent to an activating group) is 1. The summed E-state index contributed by atoms with van der Waals surface area (Å²) in [6.45, 7) is 5.57. The highest BCUT2D eigenvalue weighted by Crippen LogP contribution is 2.38. The molecular formula is C17H24ClN3O3. The summed E-state index contributed by atoms with van der Waals surface area (Å²) in [5.41, 5.74) is 1.01. The van der Waals surface area contributed by atoms with Crippen LogP contribution in [0.4, 0.5) is 0 Å². The van der Waals surface area contributed by atoms with Crippen LogP contribution in [0.5, 0.6) is 11.5 Å². The van der Waals surface area contributed by atoms with Crippen molar-refractivity contribution in [3.8, 4) is 11.5 Å². The number of nitrogens with one attached hydrogen (secondary N) is 1. The van der Waals surface area contributed by atoms with Gasteiger partial charge in [-0.05, 0) is 24.7 Å². The number of benzene rings is 1. The maximum Gasteiger partial charge on any atom is 0.236 e. The predicted molar refractivity (Wildman–Crippen MR) is 92.8 cm³/mol. The van der Waals surface area contributed by atoms with Crippen molar-refractivity contribution in [1.29, 1.82) is 0 Å².